The number of amides is 2. The highest BCUT2D eigenvalue weighted by Crippen LogP contribution is 2.40. The fourth-order valence-electron chi connectivity index (χ4n) is 4.98. The summed E-state index contributed by atoms with van der Waals surface area (Å²) in [5.41, 5.74) is 9.38. The molecule has 3 heterocycles. The Labute approximate surface area is 243 Å². The summed E-state index contributed by atoms with van der Waals surface area (Å²) in [6, 6.07) is 17.0. The molecule has 0 unspecified atom stereocenters. The van der Waals surface area contributed by atoms with Crippen LogP contribution in [0.25, 0.3) is 28.0 Å². The van der Waals surface area contributed by atoms with Crippen molar-refractivity contribution in [2.75, 3.05) is 50.6 Å². The van der Waals surface area contributed by atoms with Crippen LogP contribution in [0.4, 0.5) is 11.6 Å². The van der Waals surface area contributed by atoms with Crippen LogP contribution in [0.2, 0.25) is 10.0 Å². The average Bonchev–Trinajstić information content (AvgIpc) is 3.32. The first-order chi connectivity index (χ1) is 19.1. The summed E-state index contributed by atoms with van der Waals surface area (Å²) in [4.78, 5) is 35.2. The van der Waals surface area contributed by atoms with Gasteiger partial charge in [0.2, 0.25) is 11.8 Å². The quantitative estimate of drug-likeness (QED) is 0.343. The first-order valence-corrected chi connectivity index (χ1v) is 13.8. The van der Waals surface area contributed by atoms with Gasteiger partial charge in [-0.1, -0.05) is 53.5 Å². The van der Waals surface area contributed by atoms with Crippen LogP contribution >= 0.6 is 23.2 Å². The van der Waals surface area contributed by atoms with E-state index in [2.05, 4.69) is 4.90 Å². The molecule has 2 N–H and O–H groups in total. The summed E-state index contributed by atoms with van der Waals surface area (Å²) in [5.74, 6) is 0.704. The van der Waals surface area contributed by atoms with Gasteiger partial charge in [0.25, 0.3) is 0 Å². The molecule has 40 heavy (non-hydrogen) atoms. The van der Waals surface area contributed by atoms with Crippen molar-refractivity contribution >= 4 is 52.3 Å². The molecule has 208 valence electrons. The summed E-state index contributed by atoms with van der Waals surface area (Å²) >= 11 is 12.9. The monoisotopic (exact) mass is 579 g/mol. The third kappa shape index (κ3) is 5.44. The standard InChI is InChI=1S/C29H31Cl2N7O2/c1-35(2)25(39)17-36(3)23-15-24(37-14-6-7-19(16-37)28(32)40)38-29(33-23)26(18-10-12-20(30)13-11-18)27(34-38)21-8-4-5-9-22(21)31/h4-5,8-13,15,19H,6-7,14,16-17H2,1-3H3,(H2,32,40)/t19-/m1/s1. The number of anilines is 2. The van der Waals surface area contributed by atoms with Crippen molar-refractivity contribution in [3.63, 3.8) is 0 Å². The molecule has 4 aromatic rings. The van der Waals surface area contributed by atoms with Gasteiger partial charge < -0.3 is 20.4 Å². The highest BCUT2D eigenvalue weighted by molar-refractivity contribution is 6.33. The zero-order chi connectivity index (χ0) is 28.6. The summed E-state index contributed by atoms with van der Waals surface area (Å²) in [7, 11) is 5.28. The molecule has 0 bridgehead atoms. The maximum absolute atomic E-state index is 12.6. The van der Waals surface area contributed by atoms with E-state index in [9.17, 15) is 9.59 Å². The summed E-state index contributed by atoms with van der Waals surface area (Å²) in [6.45, 7) is 1.33. The van der Waals surface area contributed by atoms with E-state index in [1.807, 2.05) is 66.5 Å². The molecule has 0 saturated carbocycles. The smallest absolute Gasteiger partial charge is 0.241 e. The highest BCUT2D eigenvalue weighted by Gasteiger charge is 2.29. The van der Waals surface area contributed by atoms with Crippen molar-refractivity contribution in [1.82, 2.24) is 19.5 Å². The second-order valence-electron chi connectivity index (χ2n) is 10.3. The Kier molecular flexibility index (Phi) is 7.87. The minimum absolute atomic E-state index is 0.0549. The summed E-state index contributed by atoms with van der Waals surface area (Å²) in [6.07, 6.45) is 1.55. The fraction of sp³-hybridized carbons (Fsp3) is 0.310. The van der Waals surface area contributed by atoms with Crippen LogP contribution in [0.1, 0.15) is 12.8 Å². The van der Waals surface area contributed by atoms with Gasteiger partial charge in [-0.25, -0.2) is 4.98 Å². The number of carbonyl (C=O) groups is 2. The Morgan fingerprint density at radius 2 is 1.80 bits per heavy atom. The Hall–Kier alpha value is -3.82. The number of rotatable bonds is 7. The Bertz CT molecular complexity index is 1570. The number of nitrogens with two attached hydrogens (primary N) is 1. The number of nitrogens with zero attached hydrogens (tertiary/aromatic N) is 6. The average molecular weight is 581 g/mol. The first-order valence-electron chi connectivity index (χ1n) is 13.0. The van der Waals surface area contributed by atoms with Crippen LogP contribution in [-0.2, 0) is 9.59 Å². The third-order valence-corrected chi connectivity index (χ3v) is 7.81. The first kappa shape index (κ1) is 27.7. The molecule has 9 nitrogen and oxygen atoms in total. The maximum Gasteiger partial charge on any atom is 0.241 e. The van der Waals surface area contributed by atoms with Gasteiger partial charge >= 0.3 is 0 Å². The number of benzene rings is 2. The molecular formula is C29H31Cl2N7O2. The van der Waals surface area contributed by atoms with Crippen molar-refractivity contribution in [3.05, 3.63) is 64.6 Å². The molecular weight excluding hydrogens is 549 g/mol. The number of piperidine rings is 1. The zero-order valence-corrected chi connectivity index (χ0v) is 24.2. The molecule has 2 aromatic heterocycles. The number of likely N-dealkylation sites (N-methyl/N-ethyl adjacent to an activating group) is 2. The van der Waals surface area contributed by atoms with Crippen LogP contribution in [0.3, 0.4) is 0 Å². The van der Waals surface area contributed by atoms with Gasteiger partial charge in [-0.2, -0.15) is 9.61 Å². The second-order valence-corrected chi connectivity index (χ2v) is 11.1. The van der Waals surface area contributed by atoms with Crippen molar-refractivity contribution < 1.29 is 9.59 Å². The van der Waals surface area contributed by atoms with E-state index in [1.165, 1.54) is 0 Å². The normalized spacial score (nSPS) is 15.3. The molecule has 1 aliphatic heterocycles. The lowest BCUT2D eigenvalue weighted by atomic mass is 9.97. The van der Waals surface area contributed by atoms with Crippen LogP contribution in [0.15, 0.2) is 54.6 Å². The number of carbonyl (C=O) groups excluding carboxylic acids is 2. The lowest BCUT2D eigenvalue weighted by molar-refractivity contribution is -0.127. The maximum atomic E-state index is 12.6. The van der Waals surface area contributed by atoms with Crippen LogP contribution < -0.4 is 15.5 Å². The Morgan fingerprint density at radius 1 is 1.07 bits per heavy atom. The Balaban J connectivity index is 1.78. The molecule has 2 amide bonds. The molecule has 0 spiro atoms. The molecule has 5 rings (SSSR count). The Morgan fingerprint density at radius 3 is 2.48 bits per heavy atom. The molecule has 1 atom stereocenters. The predicted molar refractivity (Wildman–Crippen MR) is 160 cm³/mol. The number of primary amides is 1. The largest absolute Gasteiger partial charge is 0.369 e. The third-order valence-electron chi connectivity index (χ3n) is 7.23. The molecule has 0 aliphatic carbocycles. The lowest BCUT2D eigenvalue weighted by Crippen LogP contribution is -2.42. The van der Waals surface area contributed by atoms with E-state index in [1.54, 1.807) is 23.5 Å². The van der Waals surface area contributed by atoms with Crippen LogP contribution in [0.5, 0.6) is 0 Å². The predicted octanol–water partition coefficient (Wildman–Crippen LogP) is 4.60. The molecule has 2 aromatic carbocycles. The number of halogens is 2. The van der Waals surface area contributed by atoms with Crippen LogP contribution in [-0.4, -0.2) is 72.1 Å². The van der Waals surface area contributed by atoms with E-state index in [0.717, 1.165) is 41.9 Å². The molecule has 11 heteroatoms. The SMILES string of the molecule is CN(C)C(=O)CN(C)c1cc(N2CCC[C@@H](C(N)=O)C2)n2nc(-c3ccccc3Cl)c(-c3ccc(Cl)cc3)c2n1. The van der Waals surface area contributed by atoms with E-state index in [-0.39, 0.29) is 24.3 Å². The van der Waals surface area contributed by atoms with Crippen LogP contribution in [0, 0.1) is 5.92 Å². The number of hydrogen-bond donors (Lipinski definition) is 1. The van der Waals surface area contributed by atoms with Crippen molar-refractivity contribution in [3.8, 4) is 22.4 Å². The zero-order valence-electron chi connectivity index (χ0n) is 22.6. The minimum Gasteiger partial charge on any atom is -0.369 e. The lowest BCUT2D eigenvalue weighted by Gasteiger charge is -2.33. The molecule has 1 saturated heterocycles. The number of hydrogen-bond acceptors (Lipinski definition) is 6. The van der Waals surface area contributed by atoms with E-state index < -0.39 is 0 Å². The van der Waals surface area contributed by atoms with Crippen molar-refractivity contribution in [1.29, 1.82) is 0 Å². The van der Waals surface area contributed by atoms with Gasteiger partial charge in [-0.3, -0.25) is 9.59 Å². The topological polar surface area (TPSA) is 100 Å². The van der Waals surface area contributed by atoms with Gasteiger partial charge in [0.1, 0.15) is 17.3 Å². The van der Waals surface area contributed by atoms with Crippen molar-refractivity contribution in [2.24, 2.45) is 11.7 Å². The van der Waals surface area contributed by atoms with Gasteiger partial charge in [0.15, 0.2) is 5.65 Å². The van der Waals surface area contributed by atoms with Gasteiger partial charge in [0, 0.05) is 50.9 Å². The fourth-order valence-corrected chi connectivity index (χ4v) is 5.33. The van der Waals surface area contributed by atoms with Crippen molar-refractivity contribution in [2.45, 2.75) is 12.8 Å². The number of fused-ring (bicyclic) bond motifs is 1. The molecule has 1 fully saturated rings. The van der Waals surface area contributed by atoms with E-state index in [0.29, 0.717) is 33.7 Å². The van der Waals surface area contributed by atoms with Gasteiger partial charge in [0.05, 0.1) is 23.0 Å². The van der Waals surface area contributed by atoms with Gasteiger partial charge in [-0.05, 0) is 36.6 Å². The van der Waals surface area contributed by atoms with E-state index >= 15 is 0 Å². The minimum atomic E-state index is -0.317. The summed E-state index contributed by atoms with van der Waals surface area (Å²) < 4.78 is 1.80. The summed E-state index contributed by atoms with van der Waals surface area (Å²) in [5, 5.41) is 6.23. The second kappa shape index (κ2) is 11.3. The highest BCUT2D eigenvalue weighted by atomic mass is 35.5. The molecule has 1 aliphatic rings. The van der Waals surface area contributed by atoms with Gasteiger partial charge in [-0.15, -0.1) is 0 Å². The van der Waals surface area contributed by atoms with E-state index in [4.69, 9.17) is 39.0 Å². The molecule has 0 radical (unpaired) electrons. The number of aromatic nitrogens is 3.